The van der Waals surface area contributed by atoms with E-state index in [0.29, 0.717) is 31.2 Å². The van der Waals surface area contributed by atoms with Crippen LogP contribution in [0.3, 0.4) is 0 Å². The fraction of sp³-hybridized carbons (Fsp3) is 0.308. The summed E-state index contributed by atoms with van der Waals surface area (Å²) in [5.74, 6) is -0.820. The van der Waals surface area contributed by atoms with Crippen molar-refractivity contribution in [2.75, 3.05) is 12.9 Å². The SMILES string of the molecule is COC(=O)[C@@H]1C2CCC(C[C@@H]1OC(=O)c1ccccc1)N2C(=O)CCCSC(c1ccccc1)(c1ccccc1)c1ccccc1. The molecule has 46 heavy (non-hydrogen) atoms. The van der Waals surface area contributed by atoms with E-state index in [0.717, 1.165) is 12.2 Å². The first kappa shape index (κ1) is 31.6. The van der Waals surface area contributed by atoms with Crippen LogP contribution >= 0.6 is 11.8 Å². The van der Waals surface area contributed by atoms with Crippen molar-refractivity contribution in [3.05, 3.63) is 144 Å². The van der Waals surface area contributed by atoms with E-state index in [1.54, 1.807) is 24.3 Å². The van der Waals surface area contributed by atoms with Crippen LogP contribution < -0.4 is 0 Å². The molecule has 0 radical (unpaired) electrons. The smallest absolute Gasteiger partial charge is 0.338 e. The van der Waals surface area contributed by atoms with Gasteiger partial charge in [0.2, 0.25) is 5.91 Å². The molecule has 0 aromatic heterocycles. The summed E-state index contributed by atoms with van der Waals surface area (Å²) in [4.78, 5) is 41.8. The van der Waals surface area contributed by atoms with Crippen LogP contribution in [0.4, 0.5) is 0 Å². The van der Waals surface area contributed by atoms with E-state index in [1.165, 1.54) is 23.8 Å². The van der Waals surface area contributed by atoms with Gasteiger partial charge in [-0.3, -0.25) is 9.59 Å². The number of carbonyl (C=O) groups excluding carboxylic acids is 3. The van der Waals surface area contributed by atoms with Gasteiger partial charge in [-0.2, -0.15) is 0 Å². The van der Waals surface area contributed by atoms with E-state index < -0.39 is 28.7 Å². The van der Waals surface area contributed by atoms with E-state index >= 15 is 0 Å². The third kappa shape index (κ3) is 6.34. The molecule has 6 nitrogen and oxygen atoms in total. The Bertz CT molecular complexity index is 1520. The zero-order valence-corrected chi connectivity index (χ0v) is 26.8. The molecule has 1 amide bonds. The summed E-state index contributed by atoms with van der Waals surface area (Å²) in [5.41, 5.74) is 4.01. The van der Waals surface area contributed by atoms with Gasteiger partial charge in [-0.1, -0.05) is 109 Å². The molecule has 2 unspecified atom stereocenters. The van der Waals surface area contributed by atoms with Crippen LogP contribution in [-0.2, 0) is 23.8 Å². The highest BCUT2D eigenvalue weighted by Gasteiger charge is 2.53. The first-order valence-corrected chi connectivity index (χ1v) is 17.0. The fourth-order valence-corrected chi connectivity index (χ4v) is 8.74. The first-order chi connectivity index (χ1) is 22.5. The van der Waals surface area contributed by atoms with Gasteiger partial charge >= 0.3 is 11.9 Å². The van der Waals surface area contributed by atoms with Crippen LogP contribution in [0.15, 0.2) is 121 Å². The minimum atomic E-state index is -0.711. The standard InChI is InChI=1S/C39H39NO5S/c1-44-38(43)36-33-25-24-32(27-34(36)45-37(42)28-15-6-2-7-16-28)40(33)35(41)23-14-26-46-39(29-17-8-3-9-18-29,30-19-10-4-11-20-30)31-21-12-5-13-22-31/h2-13,15-22,32-34,36H,14,23-27H2,1H3/t32?,33?,34-,36+/m0/s1. The average Bonchev–Trinajstić information content (AvgIpc) is 3.43. The van der Waals surface area contributed by atoms with Crippen LogP contribution in [0.5, 0.6) is 0 Å². The Kier molecular flexibility index (Phi) is 9.88. The number of nitrogens with zero attached hydrogens (tertiary/aromatic N) is 1. The second-order valence-corrected chi connectivity index (χ2v) is 13.2. The number of benzene rings is 4. The van der Waals surface area contributed by atoms with E-state index in [9.17, 15) is 14.4 Å². The number of hydrogen-bond acceptors (Lipinski definition) is 6. The number of esters is 2. The quantitative estimate of drug-likeness (QED) is 0.0983. The fourth-order valence-electron chi connectivity index (χ4n) is 7.24. The molecule has 4 aromatic rings. The minimum Gasteiger partial charge on any atom is -0.469 e. The molecule has 7 heteroatoms. The van der Waals surface area contributed by atoms with Crippen molar-refractivity contribution < 1.29 is 23.9 Å². The van der Waals surface area contributed by atoms with E-state index in [2.05, 4.69) is 72.8 Å². The summed E-state index contributed by atoms with van der Waals surface area (Å²) < 4.78 is 10.6. The van der Waals surface area contributed by atoms with Crippen molar-refractivity contribution in [3.63, 3.8) is 0 Å². The third-order valence-electron chi connectivity index (χ3n) is 9.29. The topological polar surface area (TPSA) is 72.9 Å². The summed E-state index contributed by atoms with van der Waals surface area (Å²) in [5, 5.41) is 0. The van der Waals surface area contributed by atoms with Crippen molar-refractivity contribution in [1.29, 1.82) is 0 Å². The lowest BCUT2D eigenvalue weighted by Gasteiger charge is -2.43. The second-order valence-electron chi connectivity index (χ2n) is 11.9. The number of rotatable bonds is 11. The molecule has 4 aromatic carbocycles. The molecule has 0 saturated carbocycles. The number of carbonyl (C=O) groups is 3. The maximum absolute atomic E-state index is 13.9. The zero-order chi connectivity index (χ0) is 31.9. The largest absolute Gasteiger partial charge is 0.469 e. The lowest BCUT2D eigenvalue weighted by Crippen LogP contribution is -2.56. The molecule has 2 heterocycles. The Hall–Kier alpha value is -4.36. The average molecular weight is 634 g/mol. The Morgan fingerprint density at radius 1 is 0.761 bits per heavy atom. The van der Waals surface area contributed by atoms with Crippen LogP contribution in [-0.4, -0.2) is 53.8 Å². The summed E-state index contributed by atoms with van der Waals surface area (Å²) in [6.07, 6.45) is 2.30. The predicted octanol–water partition coefficient (Wildman–Crippen LogP) is 7.27. The number of piperidine rings is 1. The van der Waals surface area contributed by atoms with Crippen molar-refractivity contribution in [3.8, 4) is 0 Å². The van der Waals surface area contributed by atoms with E-state index in [4.69, 9.17) is 9.47 Å². The number of fused-ring (bicyclic) bond motifs is 2. The van der Waals surface area contributed by atoms with Gasteiger partial charge in [-0.05, 0) is 53.8 Å². The predicted molar refractivity (Wildman–Crippen MR) is 180 cm³/mol. The molecule has 4 atom stereocenters. The number of amides is 1. The van der Waals surface area contributed by atoms with Gasteiger partial charge in [0.1, 0.15) is 12.0 Å². The van der Waals surface area contributed by atoms with Crippen LogP contribution in [0.2, 0.25) is 0 Å². The third-order valence-corrected chi connectivity index (χ3v) is 10.9. The normalized spacial score (nSPS) is 20.6. The Morgan fingerprint density at radius 3 is 1.80 bits per heavy atom. The second kappa shape index (κ2) is 14.4. The molecular formula is C39H39NO5S. The maximum Gasteiger partial charge on any atom is 0.338 e. The number of ether oxygens (including phenoxy) is 2. The van der Waals surface area contributed by atoms with Gasteiger partial charge in [-0.25, -0.2) is 4.79 Å². The maximum atomic E-state index is 13.9. The van der Waals surface area contributed by atoms with Gasteiger partial charge in [0, 0.05) is 24.9 Å². The minimum absolute atomic E-state index is 0.0413. The molecule has 0 aliphatic carbocycles. The Balaban J connectivity index is 1.17. The van der Waals surface area contributed by atoms with Gasteiger partial charge in [0.15, 0.2) is 0 Å². The van der Waals surface area contributed by atoms with E-state index in [1.807, 2.05) is 40.9 Å². The molecule has 0 spiro atoms. The molecule has 2 bridgehead atoms. The Morgan fingerprint density at radius 2 is 1.28 bits per heavy atom. The van der Waals surface area contributed by atoms with Gasteiger partial charge in [0.25, 0.3) is 0 Å². The highest BCUT2D eigenvalue weighted by Crippen LogP contribution is 2.49. The lowest BCUT2D eigenvalue weighted by atomic mass is 9.84. The molecule has 2 aliphatic heterocycles. The number of hydrogen-bond donors (Lipinski definition) is 0. The lowest BCUT2D eigenvalue weighted by molar-refractivity contribution is -0.160. The monoisotopic (exact) mass is 633 g/mol. The van der Waals surface area contributed by atoms with Crippen molar-refractivity contribution in [2.24, 2.45) is 5.92 Å². The summed E-state index contributed by atoms with van der Waals surface area (Å²) in [6, 6.07) is 40.0. The Labute approximate surface area is 275 Å². The van der Waals surface area contributed by atoms with Crippen LogP contribution in [0.1, 0.15) is 59.2 Å². The highest BCUT2D eigenvalue weighted by atomic mass is 32.2. The van der Waals surface area contributed by atoms with E-state index in [-0.39, 0.29) is 18.0 Å². The number of methoxy groups -OCH3 is 1. The van der Waals surface area contributed by atoms with Crippen molar-refractivity contribution in [2.45, 2.75) is 55.0 Å². The van der Waals surface area contributed by atoms with Gasteiger partial charge in [-0.15, -0.1) is 11.8 Å². The number of thioether (sulfide) groups is 1. The molecule has 6 rings (SSSR count). The summed E-state index contributed by atoms with van der Waals surface area (Å²) in [7, 11) is 1.35. The van der Waals surface area contributed by atoms with Crippen LogP contribution in [0.25, 0.3) is 0 Å². The van der Waals surface area contributed by atoms with Gasteiger partial charge < -0.3 is 14.4 Å². The molecule has 236 valence electrons. The molecule has 2 saturated heterocycles. The van der Waals surface area contributed by atoms with Crippen LogP contribution in [0, 0.1) is 5.92 Å². The highest BCUT2D eigenvalue weighted by molar-refractivity contribution is 8.00. The van der Waals surface area contributed by atoms with Crippen molar-refractivity contribution in [1.82, 2.24) is 4.90 Å². The van der Waals surface area contributed by atoms with Gasteiger partial charge in [0.05, 0.1) is 17.4 Å². The molecular weight excluding hydrogens is 594 g/mol. The molecule has 2 fully saturated rings. The summed E-state index contributed by atoms with van der Waals surface area (Å²) >= 11 is 1.85. The molecule has 0 N–H and O–H groups in total. The van der Waals surface area contributed by atoms with Crippen molar-refractivity contribution >= 4 is 29.6 Å². The zero-order valence-electron chi connectivity index (χ0n) is 26.0. The summed E-state index contributed by atoms with van der Waals surface area (Å²) in [6.45, 7) is 0. The molecule has 2 aliphatic rings. The first-order valence-electron chi connectivity index (χ1n) is 16.0.